The SMILES string of the molecule is Cc1noc(C)c1S(=O)(=O)N1CC(N2CC(F)(F)C[C@H]2COCc2ccccc2)C1. The van der Waals surface area contributed by atoms with E-state index in [1.165, 1.54) is 4.31 Å². The molecule has 0 radical (unpaired) electrons. The molecule has 2 aliphatic heterocycles. The van der Waals surface area contributed by atoms with Crippen molar-refractivity contribution in [2.75, 3.05) is 26.2 Å². The molecule has 7 nitrogen and oxygen atoms in total. The van der Waals surface area contributed by atoms with Crippen molar-refractivity contribution < 1.29 is 26.5 Å². The predicted octanol–water partition coefficient (Wildman–Crippen LogP) is 2.59. The van der Waals surface area contributed by atoms with E-state index >= 15 is 0 Å². The molecular weight excluding hydrogens is 416 g/mol. The van der Waals surface area contributed by atoms with Gasteiger partial charge in [-0.25, -0.2) is 17.2 Å². The van der Waals surface area contributed by atoms with Crippen molar-refractivity contribution in [3.63, 3.8) is 0 Å². The van der Waals surface area contributed by atoms with Gasteiger partial charge >= 0.3 is 0 Å². The van der Waals surface area contributed by atoms with Crippen LogP contribution in [0.4, 0.5) is 8.78 Å². The summed E-state index contributed by atoms with van der Waals surface area (Å²) in [7, 11) is -3.75. The largest absolute Gasteiger partial charge is 0.375 e. The highest BCUT2D eigenvalue weighted by atomic mass is 32.2. The zero-order valence-electron chi connectivity index (χ0n) is 16.9. The lowest BCUT2D eigenvalue weighted by atomic mass is 10.1. The van der Waals surface area contributed by atoms with Crippen molar-refractivity contribution in [1.82, 2.24) is 14.4 Å². The lowest BCUT2D eigenvalue weighted by Gasteiger charge is -2.44. The van der Waals surface area contributed by atoms with Gasteiger partial charge in [0.25, 0.3) is 5.92 Å². The molecule has 0 spiro atoms. The maximum absolute atomic E-state index is 14.1. The average Bonchev–Trinajstić information content (AvgIpc) is 3.13. The zero-order chi connectivity index (χ0) is 21.5. The third-order valence-electron chi connectivity index (χ3n) is 5.70. The summed E-state index contributed by atoms with van der Waals surface area (Å²) >= 11 is 0. The van der Waals surface area contributed by atoms with Crippen molar-refractivity contribution in [3.8, 4) is 0 Å². The number of benzene rings is 1. The van der Waals surface area contributed by atoms with Gasteiger partial charge in [-0.2, -0.15) is 4.31 Å². The van der Waals surface area contributed by atoms with Gasteiger partial charge in [0.1, 0.15) is 10.6 Å². The first-order valence-corrected chi connectivity index (χ1v) is 11.3. The number of hydrogen-bond acceptors (Lipinski definition) is 6. The van der Waals surface area contributed by atoms with E-state index in [1.807, 2.05) is 30.3 Å². The Morgan fingerprint density at radius 2 is 1.93 bits per heavy atom. The van der Waals surface area contributed by atoms with Gasteiger partial charge in [0.2, 0.25) is 10.0 Å². The summed E-state index contributed by atoms with van der Waals surface area (Å²) in [5.74, 6) is -2.57. The summed E-state index contributed by atoms with van der Waals surface area (Å²) in [5, 5.41) is 3.70. The molecule has 1 atom stereocenters. The Labute approximate surface area is 174 Å². The molecule has 0 N–H and O–H groups in total. The van der Waals surface area contributed by atoms with Gasteiger partial charge in [-0.05, 0) is 19.4 Å². The minimum Gasteiger partial charge on any atom is -0.375 e. The van der Waals surface area contributed by atoms with E-state index in [1.54, 1.807) is 18.7 Å². The van der Waals surface area contributed by atoms with Crippen LogP contribution in [-0.2, 0) is 21.4 Å². The van der Waals surface area contributed by atoms with Crippen LogP contribution < -0.4 is 0 Å². The van der Waals surface area contributed by atoms with Crippen LogP contribution in [0, 0.1) is 13.8 Å². The highest BCUT2D eigenvalue weighted by molar-refractivity contribution is 7.89. The number of sulfonamides is 1. The highest BCUT2D eigenvalue weighted by Crippen LogP contribution is 2.37. The fraction of sp³-hybridized carbons (Fsp3) is 0.550. The monoisotopic (exact) mass is 441 g/mol. The molecule has 0 bridgehead atoms. The number of rotatable bonds is 7. The van der Waals surface area contributed by atoms with E-state index in [0.717, 1.165) is 5.56 Å². The van der Waals surface area contributed by atoms with Crippen LogP contribution in [-0.4, -0.2) is 67.0 Å². The van der Waals surface area contributed by atoms with Crippen LogP contribution >= 0.6 is 0 Å². The summed E-state index contributed by atoms with van der Waals surface area (Å²) in [5.41, 5.74) is 1.28. The zero-order valence-corrected chi connectivity index (χ0v) is 17.7. The van der Waals surface area contributed by atoms with E-state index in [9.17, 15) is 17.2 Å². The summed E-state index contributed by atoms with van der Waals surface area (Å²) in [6, 6.07) is 8.83. The molecular formula is C20H25F2N3O4S. The lowest BCUT2D eigenvalue weighted by Crippen LogP contribution is -2.62. The molecule has 30 heavy (non-hydrogen) atoms. The fourth-order valence-corrected chi connectivity index (χ4v) is 5.99. The molecule has 0 amide bonds. The second-order valence-electron chi connectivity index (χ2n) is 8.02. The van der Waals surface area contributed by atoms with Crippen LogP contribution in [0.15, 0.2) is 39.8 Å². The number of likely N-dealkylation sites (tertiary alicyclic amines) is 1. The molecule has 2 aliphatic rings. The molecule has 0 saturated carbocycles. The first-order valence-electron chi connectivity index (χ1n) is 9.86. The van der Waals surface area contributed by atoms with Crippen molar-refractivity contribution in [2.24, 2.45) is 0 Å². The van der Waals surface area contributed by atoms with E-state index < -0.39 is 22.0 Å². The van der Waals surface area contributed by atoms with Gasteiger partial charge in [0.05, 0.1) is 19.8 Å². The second-order valence-corrected chi connectivity index (χ2v) is 9.89. The number of aryl methyl sites for hydroxylation is 2. The van der Waals surface area contributed by atoms with Crippen LogP contribution in [0.5, 0.6) is 0 Å². The summed E-state index contributed by atoms with van der Waals surface area (Å²) in [6.07, 6.45) is -0.283. The quantitative estimate of drug-likeness (QED) is 0.658. The molecule has 1 aromatic carbocycles. The third kappa shape index (κ3) is 4.14. The Bertz CT molecular complexity index is 971. The Morgan fingerprint density at radius 1 is 1.23 bits per heavy atom. The minimum absolute atomic E-state index is 0.0652. The molecule has 0 unspecified atom stereocenters. The first-order chi connectivity index (χ1) is 14.2. The number of halogens is 2. The smallest absolute Gasteiger partial charge is 0.262 e. The van der Waals surface area contributed by atoms with Gasteiger partial charge in [-0.3, -0.25) is 4.90 Å². The molecule has 2 saturated heterocycles. The molecule has 2 aromatic rings. The number of hydrogen-bond donors (Lipinski definition) is 0. The molecule has 0 aliphatic carbocycles. The molecule has 10 heteroatoms. The van der Waals surface area contributed by atoms with Crippen molar-refractivity contribution in [1.29, 1.82) is 0 Å². The van der Waals surface area contributed by atoms with Gasteiger partial charge in [-0.1, -0.05) is 35.5 Å². The molecule has 2 fully saturated rings. The Morgan fingerprint density at radius 3 is 2.57 bits per heavy atom. The first kappa shape index (κ1) is 21.4. The van der Waals surface area contributed by atoms with Crippen molar-refractivity contribution >= 4 is 10.0 Å². The normalized spacial score (nSPS) is 23.0. The number of alkyl halides is 2. The van der Waals surface area contributed by atoms with Crippen LogP contribution in [0.25, 0.3) is 0 Å². The highest BCUT2D eigenvalue weighted by Gasteiger charge is 2.51. The predicted molar refractivity (Wildman–Crippen MR) is 105 cm³/mol. The van der Waals surface area contributed by atoms with Crippen molar-refractivity contribution in [3.05, 3.63) is 47.3 Å². The molecule has 1 aromatic heterocycles. The Kier molecular flexibility index (Phi) is 5.69. The van der Waals surface area contributed by atoms with Crippen molar-refractivity contribution in [2.45, 2.75) is 49.8 Å². The van der Waals surface area contributed by atoms with Gasteiger partial charge in [0.15, 0.2) is 5.76 Å². The number of ether oxygens (including phenoxy) is 1. The minimum atomic E-state index is -3.75. The summed E-state index contributed by atoms with van der Waals surface area (Å²) in [6.45, 7) is 3.60. The van der Waals surface area contributed by atoms with Crippen LogP contribution in [0.1, 0.15) is 23.4 Å². The van der Waals surface area contributed by atoms with Crippen LogP contribution in [0.2, 0.25) is 0 Å². The standard InChI is InChI=1S/C20H25F2N3O4S/c1-14-19(15(2)29-23-14)30(26,27)24-9-18(10-24)25-13-20(21,22)8-17(25)12-28-11-16-6-4-3-5-7-16/h3-7,17-18H,8-13H2,1-2H3/t17-/m0/s1. The summed E-state index contributed by atoms with van der Waals surface area (Å²) in [4.78, 5) is 1.76. The van der Waals surface area contributed by atoms with Crippen LogP contribution in [0.3, 0.4) is 0 Å². The second kappa shape index (κ2) is 7.99. The van der Waals surface area contributed by atoms with E-state index in [4.69, 9.17) is 9.26 Å². The average molecular weight is 442 g/mol. The molecule has 4 rings (SSSR count). The van der Waals surface area contributed by atoms with Gasteiger partial charge in [-0.15, -0.1) is 0 Å². The lowest BCUT2D eigenvalue weighted by molar-refractivity contribution is -0.00427. The van der Waals surface area contributed by atoms with Gasteiger partial charge in [0, 0.05) is 31.6 Å². The van der Waals surface area contributed by atoms with E-state index in [2.05, 4.69) is 5.16 Å². The fourth-order valence-electron chi connectivity index (χ4n) is 4.19. The van der Waals surface area contributed by atoms with Gasteiger partial charge < -0.3 is 9.26 Å². The summed E-state index contributed by atoms with van der Waals surface area (Å²) < 4.78 is 65.9. The molecule has 164 valence electrons. The maximum atomic E-state index is 14.1. The molecule has 3 heterocycles. The Hall–Kier alpha value is -1.88. The number of aromatic nitrogens is 1. The number of nitrogens with zero attached hydrogens (tertiary/aromatic N) is 3. The third-order valence-corrected chi connectivity index (χ3v) is 7.78. The van der Waals surface area contributed by atoms with E-state index in [0.29, 0.717) is 12.3 Å². The van der Waals surface area contributed by atoms with E-state index in [-0.39, 0.29) is 49.4 Å². The Balaban J connectivity index is 1.38. The maximum Gasteiger partial charge on any atom is 0.262 e. The topological polar surface area (TPSA) is 75.9 Å².